The van der Waals surface area contributed by atoms with Gasteiger partial charge in [-0.15, -0.1) is 0 Å². The molecule has 0 bridgehead atoms. The molecule has 3 aromatic heterocycles. The fourth-order valence-corrected chi connectivity index (χ4v) is 5.35. The summed E-state index contributed by atoms with van der Waals surface area (Å²) in [4.78, 5) is 23.3. The van der Waals surface area contributed by atoms with Crippen molar-refractivity contribution >= 4 is 33.8 Å². The standard InChI is InChI=1S/C32H35FN8O3/c1-19(38-25-8-10-40(11-9-25)31(42)44-32(3,4)5)29(39-35)22-13-28(30-23(14-34)16-37-41(30)18-22)43-20(2)27-17-36-15-21-12-24(33)6-7-26(21)27/h6-7,12-13,15-18,20,25H,8-11,35H2,1-5H3/b38-19?,39-29+. The van der Waals surface area contributed by atoms with Crippen molar-refractivity contribution in [2.75, 3.05) is 13.1 Å². The summed E-state index contributed by atoms with van der Waals surface area (Å²) in [7, 11) is 0. The summed E-state index contributed by atoms with van der Waals surface area (Å²) in [6, 6.07) is 8.43. The summed E-state index contributed by atoms with van der Waals surface area (Å²) in [5.74, 6) is 5.94. The number of ether oxygens (including phenoxy) is 2. The van der Waals surface area contributed by atoms with Gasteiger partial charge in [0.15, 0.2) is 0 Å². The number of nitriles is 1. The predicted octanol–water partition coefficient (Wildman–Crippen LogP) is 5.56. The van der Waals surface area contributed by atoms with E-state index < -0.39 is 11.7 Å². The number of likely N-dealkylation sites (tertiary alicyclic amines) is 1. The van der Waals surface area contributed by atoms with Gasteiger partial charge in [0.2, 0.25) is 0 Å². The molecule has 1 amide bonds. The number of hydrogen-bond acceptors (Lipinski definition) is 9. The van der Waals surface area contributed by atoms with E-state index in [-0.39, 0.29) is 18.0 Å². The fourth-order valence-electron chi connectivity index (χ4n) is 5.35. The number of piperidine rings is 1. The third-order valence-electron chi connectivity index (χ3n) is 7.43. The molecule has 5 rings (SSSR count). The van der Waals surface area contributed by atoms with Crippen LogP contribution >= 0.6 is 0 Å². The maximum atomic E-state index is 13.9. The molecule has 1 unspecified atom stereocenters. The Morgan fingerprint density at radius 1 is 1.20 bits per heavy atom. The first-order valence-corrected chi connectivity index (χ1v) is 14.4. The number of aromatic nitrogens is 3. The minimum atomic E-state index is -0.551. The highest BCUT2D eigenvalue weighted by molar-refractivity contribution is 6.47. The van der Waals surface area contributed by atoms with Crippen molar-refractivity contribution < 1.29 is 18.7 Å². The number of halogens is 1. The van der Waals surface area contributed by atoms with Crippen LogP contribution in [0.4, 0.5) is 9.18 Å². The van der Waals surface area contributed by atoms with Crippen molar-refractivity contribution in [3.8, 4) is 11.8 Å². The quantitative estimate of drug-likeness (QED) is 0.174. The Morgan fingerprint density at radius 3 is 2.64 bits per heavy atom. The van der Waals surface area contributed by atoms with E-state index in [0.29, 0.717) is 65.1 Å². The average Bonchev–Trinajstić information content (AvgIpc) is 3.40. The Morgan fingerprint density at radius 2 is 1.95 bits per heavy atom. The van der Waals surface area contributed by atoms with Crippen molar-refractivity contribution in [1.82, 2.24) is 19.5 Å². The van der Waals surface area contributed by atoms with Crippen molar-refractivity contribution in [2.24, 2.45) is 15.9 Å². The largest absolute Gasteiger partial charge is 0.484 e. The van der Waals surface area contributed by atoms with Gasteiger partial charge in [-0.3, -0.25) is 9.98 Å². The highest BCUT2D eigenvalue weighted by atomic mass is 19.1. The van der Waals surface area contributed by atoms with E-state index in [0.717, 1.165) is 10.9 Å². The first-order chi connectivity index (χ1) is 21.0. The van der Waals surface area contributed by atoms with E-state index in [1.165, 1.54) is 18.3 Å². The number of benzene rings is 1. The zero-order chi connectivity index (χ0) is 31.6. The van der Waals surface area contributed by atoms with Gasteiger partial charge < -0.3 is 20.2 Å². The number of carbonyl (C=O) groups excluding carboxylic acids is 1. The lowest BCUT2D eigenvalue weighted by Gasteiger charge is -2.32. The number of hydrazone groups is 1. The lowest BCUT2D eigenvalue weighted by atomic mass is 10.0. The molecule has 1 aliphatic rings. The topological polar surface area (TPSA) is 143 Å². The molecule has 4 aromatic rings. The summed E-state index contributed by atoms with van der Waals surface area (Å²) >= 11 is 0. The number of fused-ring (bicyclic) bond motifs is 2. The number of nitrogens with two attached hydrogens (primary N) is 1. The van der Waals surface area contributed by atoms with Crippen molar-refractivity contribution in [1.29, 1.82) is 5.26 Å². The highest BCUT2D eigenvalue weighted by Gasteiger charge is 2.27. The van der Waals surface area contributed by atoms with Crippen LogP contribution in [0.1, 0.15) is 70.3 Å². The minimum Gasteiger partial charge on any atom is -0.484 e. The van der Waals surface area contributed by atoms with Crippen molar-refractivity contribution in [3.05, 3.63) is 71.6 Å². The van der Waals surface area contributed by atoms with E-state index in [9.17, 15) is 14.4 Å². The smallest absolute Gasteiger partial charge is 0.410 e. The van der Waals surface area contributed by atoms with Crippen LogP contribution in [0.15, 0.2) is 59.1 Å². The molecule has 44 heavy (non-hydrogen) atoms. The van der Waals surface area contributed by atoms with Crippen LogP contribution in [0.25, 0.3) is 16.3 Å². The molecule has 0 aliphatic carbocycles. The molecule has 1 aliphatic heterocycles. The van der Waals surface area contributed by atoms with Crippen molar-refractivity contribution in [2.45, 2.75) is 65.2 Å². The maximum absolute atomic E-state index is 13.9. The maximum Gasteiger partial charge on any atom is 0.410 e. The molecule has 0 radical (unpaired) electrons. The van der Waals surface area contributed by atoms with Gasteiger partial charge >= 0.3 is 6.09 Å². The highest BCUT2D eigenvalue weighted by Crippen LogP contribution is 2.32. The molecule has 1 atom stereocenters. The molecule has 12 heteroatoms. The van der Waals surface area contributed by atoms with E-state index in [1.807, 2.05) is 34.6 Å². The molecule has 2 N–H and O–H groups in total. The number of aliphatic imine (C=N–C) groups is 1. The van der Waals surface area contributed by atoms with E-state index in [4.69, 9.17) is 20.3 Å². The van der Waals surface area contributed by atoms with Crippen LogP contribution < -0.4 is 10.6 Å². The second kappa shape index (κ2) is 12.3. The monoisotopic (exact) mass is 598 g/mol. The number of pyridine rings is 2. The minimum absolute atomic E-state index is 0.0245. The number of hydrogen-bond donors (Lipinski definition) is 1. The Labute approximate surface area is 254 Å². The predicted molar refractivity (Wildman–Crippen MR) is 165 cm³/mol. The zero-order valence-corrected chi connectivity index (χ0v) is 25.4. The molecular formula is C32H35FN8O3. The molecule has 228 valence electrons. The number of carbonyl (C=O) groups is 1. The number of amides is 1. The summed E-state index contributed by atoms with van der Waals surface area (Å²) in [5, 5.41) is 19.7. The van der Waals surface area contributed by atoms with Gasteiger partial charge in [-0.25, -0.2) is 13.7 Å². The first kappa shape index (κ1) is 30.4. The van der Waals surface area contributed by atoms with Gasteiger partial charge in [0.1, 0.15) is 46.1 Å². The molecule has 1 fully saturated rings. The second-order valence-electron chi connectivity index (χ2n) is 11.8. The van der Waals surface area contributed by atoms with E-state index >= 15 is 0 Å². The van der Waals surface area contributed by atoms with Crippen LogP contribution in [0, 0.1) is 17.1 Å². The van der Waals surface area contributed by atoms with Crippen LogP contribution in [-0.4, -0.2) is 61.7 Å². The van der Waals surface area contributed by atoms with Crippen LogP contribution in [0.2, 0.25) is 0 Å². The Kier molecular flexibility index (Phi) is 8.49. The SMILES string of the molecule is CC(=NC1CCN(C(=O)OC(C)(C)C)CC1)/C(=N\N)c1cc(OC(C)c2cncc3cc(F)ccc23)c2c(C#N)cnn2c1. The lowest BCUT2D eigenvalue weighted by molar-refractivity contribution is 0.0207. The van der Waals surface area contributed by atoms with Crippen LogP contribution in [0.5, 0.6) is 5.75 Å². The average molecular weight is 599 g/mol. The summed E-state index contributed by atoms with van der Waals surface area (Å²) in [6.07, 6.45) is 7.00. The Balaban J connectivity index is 1.42. The normalized spacial score (nSPS) is 15.8. The Hall–Kier alpha value is -5.05. The molecular weight excluding hydrogens is 563 g/mol. The first-order valence-electron chi connectivity index (χ1n) is 14.4. The van der Waals surface area contributed by atoms with Crippen LogP contribution in [0.3, 0.4) is 0 Å². The van der Waals surface area contributed by atoms with Gasteiger partial charge in [0.05, 0.1) is 18.0 Å². The van der Waals surface area contributed by atoms with Gasteiger partial charge in [0.25, 0.3) is 0 Å². The van der Waals surface area contributed by atoms with Gasteiger partial charge in [-0.1, -0.05) is 6.07 Å². The molecule has 4 heterocycles. The summed E-state index contributed by atoms with van der Waals surface area (Å²) < 4.78 is 27.4. The molecule has 1 aromatic carbocycles. The Bertz CT molecular complexity index is 1810. The summed E-state index contributed by atoms with van der Waals surface area (Å²) in [6.45, 7) is 10.3. The number of rotatable bonds is 6. The van der Waals surface area contributed by atoms with Gasteiger partial charge in [-0.05, 0) is 71.0 Å². The van der Waals surface area contributed by atoms with E-state index in [2.05, 4.69) is 21.3 Å². The zero-order valence-electron chi connectivity index (χ0n) is 25.4. The van der Waals surface area contributed by atoms with Crippen LogP contribution in [-0.2, 0) is 4.74 Å². The molecule has 1 saturated heterocycles. The lowest BCUT2D eigenvalue weighted by Crippen LogP contribution is -2.42. The second-order valence-corrected chi connectivity index (χ2v) is 11.8. The van der Waals surface area contributed by atoms with E-state index in [1.54, 1.807) is 40.1 Å². The fraction of sp³-hybridized carbons (Fsp3) is 0.375. The summed E-state index contributed by atoms with van der Waals surface area (Å²) in [5.41, 5.74) is 2.69. The third kappa shape index (κ3) is 6.46. The molecule has 0 spiro atoms. The number of nitrogens with zero attached hydrogens (tertiary/aromatic N) is 7. The molecule has 11 nitrogen and oxygen atoms in total. The third-order valence-corrected chi connectivity index (χ3v) is 7.43. The van der Waals surface area contributed by atoms with Gasteiger partial charge in [-0.2, -0.15) is 15.5 Å². The van der Waals surface area contributed by atoms with Crippen molar-refractivity contribution in [3.63, 3.8) is 0 Å². The molecule has 0 saturated carbocycles. The van der Waals surface area contributed by atoms with Gasteiger partial charge in [0, 0.05) is 48.2 Å².